The van der Waals surface area contributed by atoms with E-state index in [4.69, 9.17) is 10.2 Å². The fourth-order valence-corrected chi connectivity index (χ4v) is 6.08. The molecule has 1 aliphatic carbocycles. The second kappa shape index (κ2) is 14.4. The van der Waals surface area contributed by atoms with Crippen LogP contribution in [0.4, 0.5) is 17.5 Å². The van der Waals surface area contributed by atoms with Crippen LogP contribution >= 0.6 is 0 Å². The average molecular weight is 601 g/mol. The highest BCUT2D eigenvalue weighted by Gasteiger charge is 2.26. The number of pyridine rings is 2. The zero-order valence-electron chi connectivity index (χ0n) is 25.4. The minimum atomic E-state index is -0.275. The van der Waals surface area contributed by atoms with E-state index < -0.39 is 0 Å². The van der Waals surface area contributed by atoms with E-state index in [1.165, 1.54) is 6.92 Å². The normalized spacial score (nSPS) is 15.8. The predicted molar refractivity (Wildman–Crippen MR) is 168 cm³/mol. The van der Waals surface area contributed by atoms with Crippen LogP contribution in [0.2, 0.25) is 0 Å². The van der Waals surface area contributed by atoms with Crippen LogP contribution < -0.4 is 26.4 Å². The first-order chi connectivity index (χ1) is 21.4. The van der Waals surface area contributed by atoms with Crippen molar-refractivity contribution in [2.45, 2.75) is 52.0 Å². The first-order valence-corrected chi connectivity index (χ1v) is 15.3. The summed E-state index contributed by atoms with van der Waals surface area (Å²) in [4.78, 5) is 56.3. The Morgan fingerprint density at radius 1 is 1.07 bits per heavy atom. The molecule has 0 atom stereocenters. The third kappa shape index (κ3) is 7.20. The zero-order chi connectivity index (χ0) is 31.1. The maximum absolute atomic E-state index is 13.5. The lowest BCUT2D eigenvalue weighted by Crippen LogP contribution is -2.49. The van der Waals surface area contributed by atoms with Crippen LogP contribution in [0, 0.1) is 18.3 Å². The van der Waals surface area contributed by atoms with Crippen molar-refractivity contribution in [1.82, 2.24) is 35.1 Å². The number of amides is 1. The first kappa shape index (κ1) is 31.0. The number of ketones is 1. The summed E-state index contributed by atoms with van der Waals surface area (Å²) in [5, 5.41) is 18.3. The highest BCUT2D eigenvalue weighted by atomic mass is 16.2. The van der Waals surface area contributed by atoms with E-state index in [0.717, 1.165) is 64.0 Å². The Labute approximate surface area is 256 Å². The van der Waals surface area contributed by atoms with Crippen molar-refractivity contribution in [3.05, 3.63) is 46.0 Å². The molecule has 2 aliphatic rings. The molecule has 5 rings (SSSR count). The number of hydrogen-bond acceptors (Lipinski definition) is 11. The van der Waals surface area contributed by atoms with Gasteiger partial charge in [-0.25, -0.2) is 9.97 Å². The molecule has 0 bridgehead atoms. The summed E-state index contributed by atoms with van der Waals surface area (Å²) >= 11 is 0. The number of anilines is 3. The van der Waals surface area contributed by atoms with Gasteiger partial charge in [0.2, 0.25) is 11.9 Å². The molecule has 4 heterocycles. The number of nitrogens with one attached hydrogen (secondary N) is 3. The molecule has 2 fully saturated rings. The summed E-state index contributed by atoms with van der Waals surface area (Å²) < 4.78 is 1.70. The number of nitriles is 1. The molecule has 0 spiro atoms. The quantitative estimate of drug-likeness (QED) is 0.159. The lowest BCUT2D eigenvalue weighted by atomic mass is 10.0. The van der Waals surface area contributed by atoms with Crippen LogP contribution in [0.15, 0.2) is 29.3 Å². The van der Waals surface area contributed by atoms with E-state index >= 15 is 0 Å². The molecular formula is C31H40N10O3. The number of aromatic nitrogens is 4. The minimum Gasteiger partial charge on any atom is -0.368 e. The van der Waals surface area contributed by atoms with Crippen LogP contribution in [0.1, 0.15) is 61.0 Å². The molecule has 13 nitrogen and oxygen atoms in total. The largest absolute Gasteiger partial charge is 0.368 e. The van der Waals surface area contributed by atoms with Crippen LogP contribution in [0.3, 0.4) is 0 Å². The van der Waals surface area contributed by atoms with Gasteiger partial charge in [-0.3, -0.25) is 23.9 Å². The number of aryl methyl sites for hydroxylation is 1. The number of Topliss-reactive ketones (excluding diaryl/α,β-unsaturated/α-hetero) is 1. The van der Waals surface area contributed by atoms with Crippen molar-refractivity contribution in [3.8, 4) is 6.07 Å². The van der Waals surface area contributed by atoms with Crippen molar-refractivity contribution in [1.29, 1.82) is 5.26 Å². The van der Waals surface area contributed by atoms with Gasteiger partial charge < -0.3 is 20.9 Å². The maximum Gasteiger partial charge on any atom is 0.263 e. The summed E-state index contributed by atoms with van der Waals surface area (Å²) in [6, 6.07) is 5.92. The van der Waals surface area contributed by atoms with Crippen molar-refractivity contribution < 1.29 is 9.59 Å². The number of piperazine rings is 1. The SMILES string of the molecule is CC(=O)c1c(C)c2cnc(Nc3ccc(N4CCN(CC(=O)NCCCNCC#N)CC4)cn3)nc2n(C2CCCC2)c1=O. The van der Waals surface area contributed by atoms with E-state index in [0.29, 0.717) is 54.5 Å². The predicted octanol–water partition coefficient (Wildman–Crippen LogP) is 2.30. The van der Waals surface area contributed by atoms with Crippen LogP contribution in [-0.2, 0) is 4.79 Å². The Morgan fingerprint density at radius 2 is 1.84 bits per heavy atom. The maximum atomic E-state index is 13.5. The molecule has 0 radical (unpaired) electrons. The number of nitrogens with zero attached hydrogens (tertiary/aromatic N) is 7. The van der Waals surface area contributed by atoms with Crippen LogP contribution in [0.5, 0.6) is 0 Å². The van der Waals surface area contributed by atoms with Gasteiger partial charge >= 0.3 is 0 Å². The summed E-state index contributed by atoms with van der Waals surface area (Å²) in [7, 11) is 0. The number of rotatable bonds is 12. The second-order valence-corrected chi connectivity index (χ2v) is 11.4. The monoisotopic (exact) mass is 600 g/mol. The van der Waals surface area contributed by atoms with Gasteiger partial charge in [0, 0.05) is 50.3 Å². The van der Waals surface area contributed by atoms with E-state index in [2.05, 4.69) is 35.7 Å². The number of carbonyl (C=O) groups is 2. The Kier molecular flexibility index (Phi) is 10.1. The topological polar surface area (TPSA) is 161 Å². The van der Waals surface area contributed by atoms with E-state index in [9.17, 15) is 14.4 Å². The molecule has 1 amide bonds. The van der Waals surface area contributed by atoms with Gasteiger partial charge in [-0.1, -0.05) is 12.8 Å². The molecule has 3 aromatic heterocycles. The third-order valence-corrected chi connectivity index (χ3v) is 8.40. The summed E-state index contributed by atoms with van der Waals surface area (Å²) in [5.74, 6) is 0.691. The third-order valence-electron chi connectivity index (χ3n) is 8.40. The molecule has 13 heteroatoms. The molecule has 1 saturated heterocycles. The van der Waals surface area contributed by atoms with E-state index in [1.807, 2.05) is 24.4 Å². The fraction of sp³-hybridized carbons (Fsp3) is 0.516. The van der Waals surface area contributed by atoms with Gasteiger partial charge in [0.05, 0.1) is 36.6 Å². The van der Waals surface area contributed by atoms with E-state index in [1.54, 1.807) is 17.7 Å². The Bertz CT molecular complexity index is 1580. The smallest absolute Gasteiger partial charge is 0.263 e. The molecule has 1 aliphatic heterocycles. The van der Waals surface area contributed by atoms with Gasteiger partial charge in [0.1, 0.15) is 11.5 Å². The standard InChI is InChI=1S/C31H40N10O3/c1-21-25-19-36-31(38-29(25)41(23-6-3-4-7-23)30(44)28(21)22(2)42)37-26-9-8-24(18-35-26)40-16-14-39(15-17-40)20-27(43)34-12-5-11-33-13-10-32/h8-9,18-19,23,33H,3-7,11-17,20H2,1-2H3,(H,34,43)(H,35,36,37,38). The number of carbonyl (C=O) groups excluding carboxylic acids is 2. The second-order valence-electron chi connectivity index (χ2n) is 11.4. The minimum absolute atomic E-state index is 0.0152. The van der Waals surface area contributed by atoms with Crippen molar-refractivity contribution >= 4 is 40.2 Å². The Balaban J connectivity index is 1.19. The Hall–Kier alpha value is -4.41. The molecule has 232 valence electrons. The van der Waals surface area contributed by atoms with Gasteiger partial charge in [-0.15, -0.1) is 0 Å². The zero-order valence-corrected chi connectivity index (χ0v) is 25.4. The van der Waals surface area contributed by atoms with Crippen LogP contribution in [-0.4, -0.2) is 88.5 Å². The van der Waals surface area contributed by atoms with Gasteiger partial charge in [-0.05, 0) is 57.4 Å². The van der Waals surface area contributed by atoms with Gasteiger partial charge in [-0.2, -0.15) is 10.2 Å². The number of fused-ring (bicyclic) bond motifs is 1. The van der Waals surface area contributed by atoms with Crippen molar-refractivity contribution in [2.75, 3.05) is 62.6 Å². The Morgan fingerprint density at radius 3 is 2.52 bits per heavy atom. The van der Waals surface area contributed by atoms with Crippen molar-refractivity contribution in [3.63, 3.8) is 0 Å². The lowest BCUT2D eigenvalue weighted by molar-refractivity contribution is -0.122. The molecule has 3 N–H and O–H groups in total. The van der Waals surface area contributed by atoms with E-state index in [-0.39, 0.29) is 28.9 Å². The van der Waals surface area contributed by atoms with Gasteiger partial charge in [0.15, 0.2) is 5.78 Å². The molecule has 0 aromatic carbocycles. The lowest BCUT2D eigenvalue weighted by Gasteiger charge is -2.35. The molecule has 1 saturated carbocycles. The highest BCUT2D eigenvalue weighted by molar-refractivity contribution is 5.99. The fourth-order valence-electron chi connectivity index (χ4n) is 6.08. The molecule has 3 aromatic rings. The number of hydrogen-bond donors (Lipinski definition) is 3. The molecule has 0 unspecified atom stereocenters. The molecular weight excluding hydrogens is 560 g/mol. The summed E-state index contributed by atoms with van der Waals surface area (Å²) in [6.45, 7) is 8.32. The average Bonchev–Trinajstić information content (AvgIpc) is 3.54. The first-order valence-electron chi connectivity index (χ1n) is 15.3. The molecule has 44 heavy (non-hydrogen) atoms. The highest BCUT2D eigenvalue weighted by Crippen LogP contribution is 2.32. The van der Waals surface area contributed by atoms with Gasteiger partial charge in [0.25, 0.3) is 5.56 Å². The van der Waals surface area contributed by atoms with Crippen molar-refractivity contribution in [2.24, 2.45) is 0 Å². The summed E-state index contributed by atoms with van der Waals surface area (Å²) in [5.41, 5.74) is 2.08. The van der Waals surface area contributed by atoms with Crippen LogP contribution in [0.25, 0.3) is 11.0 Å². The summed E-state index contributed by atoms with van der Waals surface area (Å²) in [6.07, 6.45) is 8.13.